The molecule has 0 spiro atoms. The summed E-state index contributed by atoms with van der Waals surface area (Å²) in [7, 11) is 0. The monoisotopic (exact) mass is 321 g/mol. The number of anilines is 1. The maximum absolute atomic E-state index is 9.86. The van der Waals surface area contributed by atoms with Gasteiger partial charge in [0.1, 0.15) is 6.17 Å². The van der Waals surface area contributed by atoms with Crippen LogP contribution in [0.2, 0.25) is 0 Å². The van der Waals surface area contributed by atoms with Crippen LogP contribution < -0.4 is 5.32 Å². The van der Waals surface area contributed by atoms with Crippen molar-refractivity contribution in [2.24, 2.45) is 0 Å². The van der Waals surface area contributed by atoms with Gasteiger partial charge in [-0.05, 0) is 50.6 Å². The molecule has 122 valence electrons. The molecule has 5 nitrogen and oxygen atoms in total. The third kappa shape index (κ3) is 2.12. The summed E-state index contributed by atoms with van der Waals surface area (Å²) in [5.41, 5.74) is 7.40. The normalized spacial score (nSPS) is 15.5. The van der Waals surface area contributed by atoms with Gasteiger partial charge in [-0.25, -0.2) is 4.68 Å². The summed E-state index contributed by atoms with van der Waals surface area (Å²) >= 11 is 0. The van der Waals surface area contributed by atoms with E-state index in [0.717, 1.165) is 28.2 Å². The lowest BCUT2D eigenvalue weighted by molar-refractivity contribution is 0.402. The zero-order valence-corrected chi connectivity index (χ0v) is 13.8. The maximum Gasteiger partial charge on any atom is 0.157 e. The van der Waals surface area contributed by atoms with Crippen molar-refractivity contribution in [3.8, 4) is 22.8 Å². The van der Waals surface area contributed by atoms with Crippen LogP contribution in [-0.4, -0.2) is 20.0 Å². The Balaban J connectivity index is 1.93. The summed E-state index contributed by atoms with van der Waals surface area (Å²) in [5.74, 6) is -0.259. The van der Waals surface area contributed by atoms with Crippen molar-refractivity contribution in [1.82, 2.24) is 9.78 Å². The Labute approximate surface area is 140 Å². The van der Waals surface area contributed by atoms with Crippen LogP contribution >= 0.6 is 0 Å². The van der Waals surface area contributed by atoms with Gasteiger partial charge in [0.05, 0.1) is 11.4 Å². The molecule has 2 heterocycles. The van der Waals surface area contributed by atoms with E-state index in [0.29, 0.717) is 0 Å². The van der Waals surface area contributed by atoms with Crippen LogP contribution in [0.5, 0.6) is 11.5 Å². The highest BCUT2D eigenvalue weighted by Gasteiger charge is 2.28. The summed E-state index contributed by atoms with van der Waals surface area (Å²) in [6, 6.07) is 11.2. The van der Waals surface area contributed by atoms with Crippen LogP contribution in [0.15, 0.2) is 36.4 Å². The van der Waals surface area contributed by atoms with Crippen LogP contribution in [-0.2, 0) is 0 Å². The van der Waals surface area contributed by atoms with E-state index in [1.54, 1.807) is 12.1 Å². The predicted molar refractivity (Wildman–Crippen MR) is 93.4 cm³/mol. The van der Waals surface area contributed by atoms with Crippen LogP contribution in [0, 0.1) is 20.8 Å². The topological polar surface area (TPSA) is 70.3 Å². The standard InChI is InChI=1S/C19H19N3O2/c1-10-6-11(2)18-14(7-10)15-8-12(3)21-22(15)19(20-18)13-4-5-16(23)17(24)9-13/h4-9,19-20,23-24H,1-3H3/t19-/m1/s1. The minimum absolute atomic E-state index is 0.126. The summed E-state index contributed by atoms with van der Waals surface area (Å²) in [6.45, 7) is 6.15. The molecule has 0 amide bonds. The first-order valence-electron chi connectivity index (χ1n) is 7.90. The van der Waals surface area contributed by atoms with Crippen LogP contribution in [0.1, 0.15) is 28.6 Å². The molecule has 0 bridgehead atoms. The number of phenols is 2. The van der Waals surface area contributed by atoms with Gasteiger partial charge in [-0.2, -0.15) is 5.10 Å². The molecule has 0 aliphatic carbocycles. The van der Waals surface area contributed by atoms with E-state index in [4.69, 9.17) is 0 Å². The predicted octanol–water partition coefficient (Wildman–Crippen LogP) is 3.86. The quantitative estimate of drug-likeness (QED) is 0.595. The number of aryl methyl sites for hydroxylation is 3. The number of nitrogens with one attached hydrogen (secondary N) is 1. The van der Waals surface area contributed by atoms with E-state index in [2.05, 4.69) is 42.5 Å². The molecule has 3 aromatic rings. The average molecular weight is 321 g/mol. The highest BCUT2D eigenvalue weighted by molar-refractivity contribution is 5.82. The Bertz CT molecular complexity index is 959. The lowest BCUT2D eigenvalue weighted by atomic mass is 9.98. The third-order valence-corrected chi connectivity index (χ3v) is 4.45. The summed E-state index contributed by atoms with van der Waals surface area (Å²) in [6.07, 6.45) is -0.242. The van der Waals surface area contributed by atoms with Gasteiger partial charge in [-0.1, -0.05) is 17.7 Å². The van der Waals surface area contributed by atoms with E-state index in [1.165, 1.54) is 17.2 Å². The Kier molecular flexibility index (Phi) is 3.06. The fraction of sp³-hybridized carbons (Fsp3) is 0.211. The molecule has 5 heteroatoms. The number of benzene rings is 2. The molecular weight excluding hydrogens is 302 g/mol. The number of fused-ring (bicyclic) bond motifs is 3. The minimum atomic E-state index is -0.242. The summed E-state index contributed by atoms with van der Waals surface area (Å²) < 4.78 is 1.93. The molecule has 1 aliphatic heterocycles. The molecule has 0 saturated carbocycles. The zero-order chi connectivity index (χ0) is 17.0. The van der Waals surface area contributed by atoms with E-state index >= 15 is 0 Å². The Morgan fingerprint density at radius 2 is 1.79 bits per heavy atom. The summed E-state index contributed by atoms with van der Waals surface area (Å²) in [5, 5.41) is 27.6. The Morgan fingerprint density at radius 3 is 2.54 bits per heavy atom. The van der Waals surface area contributed by atoms with Crippen molar-refractivity contribution in [3.63, 3.8) is 0 Å². The molecule has 0 radical (unpaired) electrons. The Hall–Kier alpha value is -2.95. The zero-order valence-electron chi connectivity index (χ0n) is 13.8. The van der Waals surface area contributed by atoms with E-state index in [-0.39, 0.29) is 17.7 Å². The molecule has 2 aromatic carbocycles. The van der Waals surface area contributed by atoms with E-state index in [9.17, 15) is 10.2 Å². The van der Waals surface area contributed by atoms with Crippen molar-refractivity contribution < 1.29 is 10.2 Å². The van der Waals surface area contributed by atoms with Crippen molar-refractivity contribution in [2.75, 3.05) is 5.32 Å². The number of hydrogen-bond donors (Lipinski definition) is 3. The average Bonchev–Trinajstić information content (AvgIpc) is 2.91. The van der Waals surface area contributed by atoms with Gasteiger partial charge in [0, 0.05) is 16.8 Å². The molecule has 0 saturated heterocycles. The first kappa shape index (κ1) is 14.6. The number of hydrogen-bond acceptors (Lipinski definition) is 4. The van der Waals surface area contributed by atoms with Crippen molar-refractivity contribution in [1.29, 1.82) is 0 Å². The van der Waals surface area contributed by atoms with Crippen molar-refractivity contribution >= 4 is 5.69 Å². The first-order chi connectivity index (χ1) is 11.4. The number of nitrogens with zero attached hydrogens (tertiary/aromatic N) is 2. The van der Waals surface area contributed by atoms with Gasteiger partial charge in [-0.15, -0.1) is 0 Å². The molecule has 1 atom stereocenters. The highest BCUT2D eigenvalue weighted by Crippen LogP contribution is 2.42. The maximum atomic E-state index is 9.86. The smallest absolute Gasteiger partial charge is 0.157 e. The second kappa shape index (κ2) is 5.03. The lowest BCUT2D eigenvalue weighted by Gasteiger charge is -2.30. The van der Waals surface area contributed by atoms with Crippen LogP contribution in [0.25, 0.3) is 11.3 Å². The lowest BCUT2D eigenvalue weighted by Crippen LogP contribution is -2.26. The molecule has 4 rings (SSSR count). The number of phenolic OH excluding ortho intramolecular Hbond substituents is 2. The van der Waals surface area contributed by atoms with Crippen LogP contribution in [0.3, 0.4) is 0 Å². The molecule has 0 unspecified atom stereocenters. The largest absolute Gasteiger partial charge is 0.504 e. The van der Waals surface area contributed by atoms with Gasteiger partial charge in [0.25, 0.3) is 0 Å². The van der Waals surface area contributed by atoms with E-state index in [1.807, 2.05) is 11.6 Å². The van der Waals surface area contributed by atoms with E-state index < -0.39 is 0 Å². The molecule has 1 aromatic heterocycles. The first-order valence-corrected chi connectivity index (χ1v) is 7.90. The molecule has 1 aliphatic rings. The molecule has 24 heavy (non-hydrogen) atoms. The fourth-order valence-corrected chi connectivity index (χ4v) is 3.41. The van der Waals surface area contributed by atoms with Gasteiger partial charge < -0.3 is 15.5 Å². The number of aromatic nitrogens is 2. The number of aromatic hydroxyl groups is 2. The third-order valence-electron chi connectivity index (χ3n) is 4.45. The van der Waals surface area contributed by atoms with Gasteiger partial charge in [0.15, 0.2) is 11.5 Å². The van der Waals surface area contributed by atoms with Crippen molar-refractivity contribution in [2.45, 2.75) is 26.9 Å². The van der Waals surface area contributed by atoms with Gasteiger partial charge in [-0.3, -0.25) is 0 Å². The fourth-order valence-electron chi connectivity index (χ4n) is 3.41. The van der Waals surface area contributed by atoms with Gasteiger partial charge in [0.2, 0.25) is 0 Å². The SMILES string of the molecule is Cc1cc(C)c2c(c1)-c1cc(C)nn1[C@H](c1ccc(O)c(O)c1)N2. The molecular formula is C19H19N3O2. The molecule has 0 fully saturated rings. The number of rotatable bonds is 1. The second-order valence-electron chi connectivity index (χ2n) is 6.41. The van der Waals surface area contributed by atoms with Crippen LogP contribution in [0.4, 0.5) is 5.69 Å². The minimum Gasteiger partial charge on any atom is -0.504 e. The Morgan fingerprint density at radius 1 is 1.00 bits per heavy atom. The highest BCUT2D eigenvalue weighted by atomic mass is 16.3. The van der Waals surface area contributed by atoms with Crippen molar-refractivity contribution in [3.05, 3.63) is 58.8 Å². The molecule has 3 N–H and O–H groups in total. The summed E-state index contributed by atoms with van der Waals surface area (Å²) in [4.78, 5) is 0. The second-order valence-corrected chi connectivity index (χ2v) is 6.41. The van der Waals surface area contributed by atoms with Gasteiger partial charge >= 0.3 is 0 Å².